The first-order valence-corrected chi connectivity index (χ1v) is 14.1. The monoisotopic (exact) mass is 461 g/mol. The van der Waals surface area contributed by atoms with Crippen molar-refractivity contribution < 1.29 is 8.42 Å². The van der Waals surface area contributed by atoms with Crippen molar-refractivity contribution in [3.05, 3.63) is 54.1 Å². The van der Waals surface area contributed by atoms with Gasteiger partial charge in [0.15, 0.2) is 0 Å². The molecule has 5 nitrogen and oxygen atoms in total. The van der Waals surface area contributed by atoms with E-state index in [4.69, 9.17) is 0 Å². The highest BCUT2D eigenvalue weighted by Crippen LogP contribution is 2.28. The molecule has 170 valence electrons. The predicted molar refractivity (Wildman–Crippen MR) is 134 cm³/mol. The molecule has 1 saturated heterocycles. The van der Waals surface area contributed by atoms with Crippen molar-refractivity contribution in [1.29, 1.82) is 0 Å². The third-order valence-corrected chi connectivity index (χ3v) is 7.93. The van der Waals surface area contributed by atoms with Crippen molar-refractivity contribution >= 4 is 33.2 Å². The van der Waals surface area contributed by atoms with E-state index >= 15 is 0 Å². The fourth-order valence-corrected chi connectivity index (χ4v) is 5.19. The molecule has 0 saturated carbocycles. The first-order chi connectivity index (χ1) is 15.0. The Labute approximate surface area is 192 Å². The lowest BCUT2D eigenvalue weighted by Gasteiger charge is -2.36. The molecule has 1 aliphatic heterocycles. The molecule has 0 aromatic heterocycles. The van der Waals surface area contributed by atoms with Crippen LogP contribution in [0.1, 0.15) is 31.7 Å². The van der Waals surface area contributed by atoms with E-state index in [1.54, 1.807) is 18.7 Å². The Morgan fingerprint density at radius 2 is 1.71 bits per heavy atom. The number of hydrogen-bond donors (Lipinski definition) is 1. The number of benzene rings is 2. The number of piperazine rings is 1. The highest BCUT2D eigenvalue weighted by Gasteiger charge is 2.16. The van der Waals surface area contributed by atoms with Gasteiger partial charge in [0.2, 0.25) is 10.0 Å². The van der Waals surface area contributed by atoms with Crippen LogP contribution in [-0.4, -0.2) is 58.1 Å². The van der Waals surface area contributed by atoms with Gasteiger partial charge in [-0.1, -0.05) is 30.7 Å². The second-order valence-electron chi connectivity index (χ2n) is 8.02. The summed E-state index contributed by atoms with van der Waals surface area (Å²) in [6, 6.07) is 16.8. The van der Waals surface area contributed by atoms with E-state index in [2.05, 4.69) is 50.9 Å². The summed E-state index contributed by atoms with van der Waals surface area (Å²) in [5.41, 5.74) is 3.24. The molecule has 2 aromatic rings. The zero-order valence-electron chi connectivity index (χ0n) is 18.7. The Balaban J connectivity index is 1.38. The zero-order valence-corrected chi connectivity index (χ0v) is 20.4. The zero-order chi connectivity index (χ0) is 22.1. The largest absolute Gasteiger partial charge is 0.369 e. The van der Waals surface area contributed by atoms with Crippen LogP contribution in [0.15, 0.2) is 53.4 Å². The first kappa shape index (κ1) is 24.0. The maximum atomic E-state index is 12.0. The average Bonchev–Trinajstić information content (AvgIpc) is 2.80. The predicted octanol–water partition coefficient (Wildman–Crippen LogP) is 4.71. The number of nitrogens with one attached hydrogen (secondary N) is 1. The van der Waals surface area contributed by atoms with Crippen molar-refractivity contribution in [1.82, 2.24) is 4.90 Å². The quantitative estimate of drug-likeness (QED) is 0.388. The number of anilines is 2. The Hall–Kier alpha value is -1.70. The van der Waals surface area contributed by atoms with Crippen molar-refractivity contribution in [3.8, 4) is 0 Å². The summed E-state index contributed by atoms with van der Waals surface area (Å²) in [6.45, 7) is 7.28. The number of para-hydroxylation sites is 1. The standard InChI is InChI=1S/C24H35N3O2S2/c1-3-31(28,29)25-23-20-21(13-14-24(23)30-2)10-6-5-9-15-26-16-18-27(19-17-26)22-11-7-4-8-12-22/h4,7-8,11-14,20,25H,3,5-6,9-10,15-19H2,1-2H3. The molecule has 1 N–H and O–H groups in total. The van der Waals surface area contributed by atoms with Crippen LogP contribution in [0.4, 0.5) is 11.4 Å². The van der Waals surface area contributed by atoms with Gasteiger partial charge in [-0.25, -0.2) is 8.42 Å². The van der Waals surface area contributed by atoms with Gasteiger partial charge in [-0.3, -0.25) is 9.62 Å². The van der Waals surface area contributed by atoms with E-state index < -0.39 is 10.0 Å². The van der Waals surface area contributed by atoms with Crippen molar-refractivity contribution in [3.63, 3.8) is 0 Å². The van der Waals surface area contributed by atoms with Gasteiger partial charge in [-0.15, -0.1) is 11.8 Å². The minimum absolute atomic E-state index is 0.0880. The maximum absolute atomic E-state index is 12.0. The van der Waals surface area contributed by atoms with Gasteiger partial charge in [0, 0.05) is 36.8 Å². The third-order valence-electron chi connectivity index (χ3n) is 5.84. The highest BCUT2D eigenvalue weighted by molar-refractivity contribution is 7.99. The van der Waals surface area contributed by atoms with Crippen LogP contribution in [0.2, 0.25) is 0 Å². The molecule has 0 radical (unpaired) electrons. The normalized spacial score (nSPS) is 15.2. The van der Waals surface area contributed by atoms with Crippen LogP contribution in [0, 0.1) is 0 Å². The van der Waals surface area contributed by atoms with Crippen LogP contribution in [-0.2, 0) is 16.4 Å². The Kier molecular flexibility index (Phi) is 9.11. The molecule has 0 bridgehead atoms. The van der Waals surface area contributed by atoms with Gasteiger partial charge in [-0.05, 0) is 68.8 Å². The van der Waals surface area contributed by atoms with Gasteiger partial charge in [0.1, 0.15) is 0 Å². The SMILES string of the molecule is CCS(=O)(=O)Nc1cc(CCCCCN2CCN(c3ccccc3)CC2)ccc1SC. The molecule has 0 unspecified atom stereocenters. The van der Waals surface area contributed by atoms with Crippen molar-refractivity contribution in [2.24, 2.45) is 0 Å². The van der Waals surface area contributed by atoms with E-state index in [1.807, 2.05) is 18.4 Å². The van der Waals surface area contributed by atoms with Gasteiger partial charge in [0.05, 0.1) is 11.4 Å². The Morgan fingerprint density at radius 1 is 0.968 bits per heavy atom. The van der Waals surface area contributed by atoms with Crippen LogP contribution >= 0.6 is 11.8 Å². The summed E-state index contributed by atoms with van der Waals surface area (Å²) in [5.74, 6) is 0.0880. The smallest absolute Gasteiger partial charge is 0.232 e. The number of thioether (sulfide) groups is 1. The lowest BCUT2D eigenvalue weighted by molar-refractivity contribution is 0.252. The number of sulfonamides is 1. The van der Waals surface area contributed by atoms with Gasteiger partial charge >= 0.3 is 0 Å². The molecule has 1 heterocycles. The van der Waals surface area contributed by atoms with Gasteiger partial charge in [-0.2, -0.15) is 0 Å². The van der Waals surface area contributed by atoms with Crippen LogP contribution in [0.3, 0.4) is 0 Å². The minimum atomic E-state index is -3.26. The topological polar surface area (TPSA) is 52.7 Å². The maximum Gasteiger partial charge on any atom is 0.232 e. The summed E-state index contributed by atoms with van der Waals surface area (Å²) < 4.78 is 26.7. The van der Waals surface area contributed by atoms with E-state index in [9.17, 15) is 8.42 Å². The number of hydrogen-bond acceptors (Lipinski definition) is 5. The molecule has 2 aromatic carbocycles. The van der Waals surface area contributed by atoms with E-state index in [0.717, 1.165) is 50.5 Å². The van der Waals surface area contributed by atoms with Crippen LogP contribution in [0.5, 0.6) is 0 Å². The molecule has 0 atom stereocenters. The summed E-state index contributed by atoms with van der Waals surface area (Å²) in [7, 11) is -3.26. The third kappa shape index (κ3) is 7.44. The van der Waals surface area contributed by atoms with Gasteiger partial charge < -0.3 is 4.90 Å². The number of aryl methyl sites for hydroxylation is 1. The van der Waals surface area contributed by atoms with E-state index in [0.29, 0.717) is 5.69 Å². The molecular weight excluding hydrogens is 426 g/mol. The second kappa shape index (κ2) is 11.8. The molecular formula is C24H35N3O2S2. The van der Waals surface area contributed by atoms with E-state index in [1.165, 1.54) is 24.1 Å². The fraction of sp³-hybridized carbons (Fsp3) is 0.500. The minimum Gasteiger partial charge on any atom is -0.369 e. The lowest BCUT2D eigenvalue weighted by atomic mass is 10.1. The highest BCUT2D eigenvalue weighted by atomic mass is 32.2. The summed E-state index contributed by atoms with van der Waals surface area (Å²) in [4.78, 5) is 6.01. The second-order valence-corrected chi connectivity index (χ2v) is 10.9. The van der Waals surface area contributed by atoms with E-state index in [-0.39, 0.29) is 5.75 Å². The fourth-order valence-electron chi connectivity index (χ4n) is 3.94. The van der Waals surface area contributed by atoms with Crippen LogP contribution < -0.4 is 9.62 Å². The first-order valence-electron chi connectivity index (χ1n) is 11.2. The number of unbranched alkanes of at least 4 members (excludes halogenated alkanes) is 2. The van der Waals surface area contributed by atoms with Gasteiger partial charge in [0.25, 0.3) is 0 Å². The molecule has 31 heavy (non-hydrogen) atoms. The lowest BCUT2D eigenvalue weighted by Crippen LogP contribution is -2.46. The molecule has 0 spiro atoms. The summed E-state index contributed by atoms with van der Waals surface area (Å²) >= 11 is 1.57. The molecule has 7 heteroatoms. The molecule has 0 aliphatic carbocycles. The average molecular weight is 462 g/mol. The molecule has 3 rings (SSSR count). The number of nitrogens with zero attached hydrogens (tertiary/aromatic N) is 2. The Morgan fingerprint density at radius 3 is 2.39 bits per heavy atom. The molecule has 0 amide bonds. The summed E-state index contributed by atoms with van der Waals surface area (Å²) in [6.07, 6.45) is 6.49. The number of rotatable bonds is 11. The van der Waals surface area contributed by atoms with Crippen LogP contribution in [0.25, 0.3) is 0 Å². The molecule has 1 aliphatic rings. The molecule has 1 fully saturated rings. The summed E-state index contributed by atoms with van der Waals surface area (Å²) in [5, 5.41) is 0. The Bertz CT molecular complexity index is 912. The van der Waals surface area contributed by atoms with Crippen molar-refractivity contribution in [2.45, 2.75) is 37.5 Å². The van der Waals surface area contributed by atoms with Crippen molar-refractivity contribution in [2.75, 3.05) is 54.4 Å².